The lowest BCUT2D eigenvalue weighted by Crippen LogP contribution is -2.35. The molecule has 1 N–H and O–H groups in total. The maximum Gasteiger partial charge on any atom is 0.352 e. The van der Waals surface area contributed by atoms with Crippen LogP contribution in [-0.4, -0.2) is 47.5 Å². The number of carboxylic acid groups (broad SMARTS) is 1. The minimum atomic E-state index is -1.05. The molecule has 0 aromatic carbocycles. The maximum absolute atomic E-state index is 11.4. The lowest BCUT2D eigenvalue weighted by Gasteiger charge is -2.21. The molecular weight excluding hydrogens is 212 g/mol. The van der Waals surface area contributed by atoms with Crippen LogP contribution < -0.4 is 0 Å². The van der Waals surface area contributed by atoms with Gasteiger partial charge in [-0.25, -0.2) is 9.80 Å². The van der Waals surface area contributed by atoms with E-state index in [0.717, 1.165) is 0 Å². The van der Waals surface area contributed by atoms with Crippen LogP contribution in [0.15, 0.2) is 5.10 Å². The molecule has 0 atom stereocenters. The number of ether oxygens (including phenoxy) is 1. The zero-order valence-corrected chi connectivity index (χ0v) is 9.31. The first kappa shape index (κ1) is 12.6. The molecule has 1 heterocycles. The van der Waals surface area contributed by atoms with E-state index in [-0.39, 0.29) is 24.5 Å². The van der Waals surface area contributed by atoms with Crippen molar-refractivity contribution in [2.75, 3.05) is 19.8 Å². The second kappa shape index (κ2) is 6.22. The van der Waals surface area contributed by atoms with Crippen LogP contribution in [0.5, 0.6) is 0 Å². The van der Waals surface area contributed by atoms with Crippen LogP contribution in [0.3, 0.4) is 0 Å². The van der Waals surface area contributed by atoms with Gasteiger partial charge in [-0.2, -0.15) is 5.10 Å². The minimum Gasteiger partial charge on any atom is -0.477 e. The van der Waals surface area contributed by atoms with Crippen molar-refractivity contribution in [1.82, 2.24) is 5.01 Å². The summed E-state index contributed by atoms with van der Waals surface area (Å²) in [6.45, 7) is 3.50. The van der Waals surface area contributed by atoms with E-state index in [1.165, 1.54) is 5.01 Å². The zero-order chi connectivity index (χ0) is 12.0. The van der Waals surface area contributed by atoms with Crippen molar-refractivity contribution in [2.45, 2.75) is 26.2 Å². The van der Waals surface area contributed by atoms with Crippen LogP contribution in [0.25, 0.3) is 0 Å². The third-order valence-corrected chi connectivity index (χ3v) is 2.21. The van der Waals surface area contributed by atoms with Gasteiger partial charge in [-0.3, -0.25) is 4.79 Å². The molecule has 0 unspecified atom stereocenters. The number of nitrogens with zero attached hydrogens (tertiary/aromatic N) is 2. The van der Waals surface area contributed by atoms with Gasteiger partial charge in [0.15, 0.2) is 0 Å². The Morgan fingerprint density at radius 1 is 1.56 bits per heavy atom. The van der Waals surface area contributed by atoms with Crippen molar-refractivity contribution in [3.63, 3.8) is 0 Å². The molecule has 0 aromatic rings. The molecular formula is C10H16N2O4. The van der Waals surface area contributed by atoms with Gasteiger partial charge in [-0.1, -0.05) is 0 Å². The van der Waals surface area contributed by atoms with Crippen molar-refractivity contribution in [3.8, 4) is 0 Å². The number of carbonyl (C=O) groups is 2. The molecule has 0 spiro atoms. The summed E-state index contributed by atoms with van der Waals surface area (Å²) < 4.78 is 5.13. The molecule has 0 fully saturated rings. The maximum atomic E-state index is 11.4. The van der Waals surface area contributed by atoms with Crippen molar-refractivity contribution in [1.29, 1.82) is 0 Å². The molecule has 0 aliphatic carbocycles. The van der Waals surface area contributed by atoms with Crippen molar-refractivity contribution in [2.24, 2.45) is 5.10 Å². The van der Waals surface area contributed by atoms with E-state index in [9.17, 15) is 9.59 Å². The largest absolute Gasteiger partial charge is 0.477 e. The number of carboxylic acids is 1. The predicted molar refractivity (Wildman–Crippen MR) is 57.1 cm³/mol. The highest BCUT2D eigenvalue weighted by Gasteiger charge is 2.23. The fourth-order valence-corrected chi connectivity index (χ4v) is 1.39. The van der Waals surface area contributed by atoms with Crippen molar-refractivity contribution < 1.29 is 19.4 Å². The Morgan fingerprint density at radius 2 is 2.31 bits per heavy atom. The van der Waals surface area contributed by atoms with E-state index >= 15 is 0 Å². The second-order valence-electron chi connectivity index (χ2n) is 3.42. The highest BCUT2D eigenvalue weighted by atomic mass is 16.5. The van der Waals surface area contributed by atoms with Crippen LogP contribution in [-0.2, 0) is 14.3 Å². The summed E-state index contributed by atoms with van der Waals surface area (Å²) in [6, 6.07) is 0. The molecule has 0 saturated heterocycles. The van der Waals surface area contributed by atoms with E-state index in [4.69, 9.17) is 9.84 Å². The number of carbonyl (C=O) groups excluding carboxylic acids is 1. The Labute approximate surface area is 93.9 Å². The Balaban J connectivity index is 2.46. The van der Waals surface area contributed by atoms with Crippen LogP contribution in [0, 0.1) is 0 Å². The Hall–Kier alpha value is -1.43. The quantitative estimate of drug-likeness (QED) is 0.670. The smallest absolute Gasteiger partial charge is 0.352 e. The summed E-state index contributed by atoms with van der Waals surface area (Å²) in [5.74, 6) is -1.18. The molecule has 6 heteroatoms. The Kier molecular flexibility index (Phi) is 4.91. The molecule has 90 valence electrons. The number of amides is 1. The third kappa shape index (κ3) is 3.62. The number of aliphatic carboxylic acids is 1. The van der Waals surface area contributed by atoms with Gasteiger partial charge in [0.1, 0.15) is 5.71 Å². The lowest BCUT2D eigenvalue weighted by atomic mass is 10.1. The Morgan fingerprint density at radius 3 is 2.94 bits per heavy atom. The van der Waals surface area contributed by atoms with Crippen molar-refractivity contribution >= 4 is 17.6 Å². The van der Waals surface area contributed by atoms with Crippen LogP contribution in [0.1, 0.15) is 26.2 Å². The molecule has 16 heavy (non-hydrogen) atoms. The number of hydrazone groups is 1. The standard InChI is InChI=1S/C10H16N2O4/c1-2-16-7-3-6-12-9(13)5-4-8(11-12)10(14)15/h2-7H2,1H3,(H,14,15). The SMILES string of the molecule is CCOCCCN1N=C(C(=O)O)CCC1=O. The molecule has 0 aromatic heterocycles. The fraction of sp³-hybridized carbons (Fsp3) is 0.700. The van der Waals surface area contributed by atoms with Gasteiger partial charge in [0.2, 0.25) is 5.91 Å². The lowest BCUT2D eigenvalue weighted by molar-refractivity contribution is -0.133. The van der Waals surface area contributed by atoms with Gasteiger partial charge in [0.05, 0.1) is 0 Å². The highest BCUT2D eigenvalue weighted by Crippen LogP contribution is 2.09. The van der Waals surface area contributed by atoms with Crippen LogP contribution >= 0.6 is 0 Å². The van der Waals surface area contributed by atoms with Gasteiger partial charge in [-0.05, 0) is 13.3 Å². The minimum absolute atomic E-state index is 0.0519. The van der Waals surface area contributed by atoms with Gasteiger partial charge in [0.25, 0.3) is 0 Å². The summed E-state index contributed by atoms with van der Waals surface area (Å²) >= 11 is 0. The topological polar surface area (TPSA) is 79.2 Å². The molecule has 1 aliphatic heterocycles. The molecule has 6 nitrogen and oxygen atoms in total. The van der Waals surface area contributed by atoms with Crippen molar-refractivity contribution in [3.05, 3.63) is 0 Å². The first-order valence-corrected chi connectivity index (χ1v) is 5.34. The molecule has 1 rings (SSSR count). The van der Waals surface area contributed by atoms with E-state index in [0.29, 0.717) is 26.2 Å². The summed E-state index contributed by atoms with van der Waals surface area (Å²) in [7, 11) is 0. The predicted octanol–water partition coefficient (Wildman–Crippen LogP) is 0.476. The first-order valence-electron chi connectivity index (χ1n) is 5.34. The molecule has 1 aliphatic rings. The number of hydrogen-bond acceptors (Lipinski definition) is 4. The fourth-order valence-electron chi connectivity index (χ4n) is 1.39. The molecule has 1 amide bonds. The summed E-state index contributed by atoms with van der Waals surface area (Å²) in [6.07, 6.45) is 1.10. The number of hydrogen-bond donors (Lipinski definition) is 1. The molecule has 0 saturated carbocycles. The highest BCUT2D eigenvalue weighted by molar-refractivity contribution is 6.36. The summed E-state index contributed by atoms with van der Waals surface area (Å²) in [5, 5.41) is 13.8. The summed E-state index contributed by atoms with van der Waals surface area (Å²) in [5.41, 5.74) is 0.0519. The first-order chi connectivity index (χ1) is 7.65. The molecule has 0 bridgehead atoms. The van der Waals surface area contributed by atoms with Gasteiger partial charge in [-0.15, -0.1) is 0 Å². The monoisotopic (exact) mass is 228 g/mol. The molecule has 0 radical (unpaired) electrons. The summed E-state index contributed by atoms with van der Waals surface area (Å²) in [4.78, 5) is 22.1. The second-order valence-corrected chi connectivity index (χ2v) is 3.42. The van der Waals surface area contributed by atoms with E-state index in [1.54, 1.807) is 0 Å². The number of rotatable bonds is 6. The van der Waals surface area contributed by atoms with Gasteiger partial charge >= 0.3 is 5.97 Å². The van der Waals surface area contributed by atoms with Gasteiger partial charge in [0, 0.05) is 32.6 Å². The Bertz CT molecular complexity index is 301. The van der Waals surface area contributed by atoms with E-state index in [1.807, 2.05) is 6.92 Å². The zero-order valence-electron chi connectivity index (χ0n) is 9.31. The van der Waals surface area contributed by atoms with Gasteiger partial charge < -0.3 is 9.84 Å². The van der Waals surface area contributed by atoms with Crippen LogP contribution in [0.4, 0.5) is 0 Å². The van der Waals surface area contributed by atoms with E-state index in [2.05, 4.69) is 5.10 Å². The third-order valence-electron chi connectivity index (χ3n) is 2.21. The average Bonchev–Trinajstić information content (AvgIpc) is 2.26. The average molecular weight is 228 g/mol. The van der Waals surface area contributed by atoms with Crippen LogP contribution in [0.2, 0.25) is 0 Å². The van der Waals surface area contributed by atoms with E-state index < -0.39 is 5.97 Å². The normalized spacial score (nSPS) is 16.2.